The van der Waals surface area contributed by atoms with E-state index < -0.39 is 11.6 Å². The number of nitrogens with zero attached hydrogens (tertiary/aromatic N) is 1. The second kappa shape index (κ2) is 8.46. The molecule has 1 aromatic carbocycles. The van der Waals surface area contributed by atoms with E-state index >= 15 is 0 Å². The summed E-state index contributed by atoms with van der Waals surface area (Å²) >= 11 is 0. The highest BCUT2D eigenvalue weighted by molar-refractivity contribution is 5.80. The summed E-state index contributed by atoms with van der Waals surface area (Å²) in [6.07, 6.45) is 0. The summed E-state index contributed by atoms with van der Waals surface area (Å²) in [5.74, 6) is 5.06. The third-order valence-corrected chi connectivity index (χ3v) is 3.33. The minimum atomic E-state index is -1.65. The van der Waals surface area contributed by atoms with Crippen LogP contribution in [0.5, 0.6) is 0 Å². The minimum absolute atomic E-state index is 0.0108. The highest BCUT2D eigenvalue weighted by Gasteiger charge is 2.33. The minimum Gasteiger partial charge on any atom is -0.450 e. The van der Waals surface area contributed by atoms with Gasteiger partial charge in [0.2, 0.25) is 0 Å². The zero-order valence-corrected chi connectivity index (χ0v) is 12.9. The third-order valence-electron chi connectivity index (χ3n) is 3.33. The molecular weight excluding hydrogens is 266 g/mol. The zero-order valence-electron chi connectivity index (χ0n) is 12.9. The lowest BCUT2D eigenvalue weighted by Crippen LogP contribution is -2.34. The molecule has 0 spiro atoms. The lowest BCUT2D eigenvalue weighted by Gasteiger charge is -2.20. The Kier molecular flexibility index (Phi) is 6.93. The quantitative estimate of drug-likeness (QED) is 0.641. The van der Waals surface area contributed by atoms with E-state index in [-0.39, 0.29) is 6.61 Å². The van der Waals surface area contributed by atoms with Crippen LogP contribution in [0.4, 0.5) is 0 Å². The number of esters is 1. The summed E-state index contributed by atoms with van der Waals surface area (Å²) in [5.41, 5.74) is -1.15. The van der Waals surface area contributed by atoms with Gasteiger partial charge in [-0.3, -0.25) is 4.90 Å². The summed E-state index contributed by atoms with van der Waals surface area (Å²) in [4.78, 5) is 14.1. The lowest BCUT2D eigenvalue weighted by molar-refractivity contribution is -0.163. The van der Waals surface area contributed by atoms with Crippen molar-refractivity contribution in [3.63, 3.8) is 0 Å². The van der Waals surface area contributed by atoms with Crippen molar-refractivity contribution in [2.24, 2.45) is 0 Å². The average Bonchev–Trinajstić information content (AvgIpc) is 2.51. The zero-order chi connectivity index (χ0) is 15.7. The number of benzene rings is 1. The van der Waals surface area contributed by atoms with Gasteiger partial charge in [0.15, 0.2) is 12.2 Å². The van der Waals surface area contributed by atoms with E-state index in [4.69, 9.17) is 4.74 Å². The van der Waals surface area contributed by atoms with Crippen molar-refractivity contribution >= 4 is 5.97 Å². The summed E-state index contributed by atoms with van der Waals surface area (Å²) < 4.78 is 5.03. The van der Waals surface area contributed by atoms with Crippen LogP contribution in [-0.2, 0) is 15.1 Å². The molecule has 4 nitrogen and oxygen atoms in total. The van der Waals surface area contributed by atoms with Crippen molar-refractivity contribution in [2.75, 3.05) is 26.2 Å². The number of aliphatic hydroxyl groups is 1. The molecule has 21 heavy (non-hydrogen) atoms. The molecule has 0 heterocycles. The molecular formula is C17H23NO3. The predicted octanol–water partition coefficient (Wildman–Crippen LogP) is 1.78. The lowest BCUT2D eigenvalue weighted by atomic mass is 9.96. The monoisotopic (exact) mass is 289 g/mol. The molecule has 1 aromatic rings. The Balaban J connectivity index is 2.49. The molecule has 114 valence electrons. The molecule has 0 aromatic heterocycles. The number of carbonyl (C=O) groups is 1. The van der Waals surface area contributed by atoms with Crippen LogP contribution in [0, 0.1) is 11.8 Å². The van der Waals surface area contributed by atoms with E-state index in [9.17, 15) is 9.90 Å². The SMILES string of the molecule is CCN(CC)CC#CCOC(=O)C(C)(O)c1ccccc1. The highest BCUT2D eigenvalue weighted by Crippen LogP contribution is 2.21. The molecule has 0 fully saturated rings. The van der Waals surface area contributed by atoms with E-state index in [1.807, 2.05) is 6.07 Å². The van der Waals surface area contributed by atoms with Crippen LogP contribution in [0.2, 0.25) is 0 Å². The molecule has 0 aliphatic heterocycles. The standard InChI is InChI=1S/C17H23NO3/c1-4-18(5-2)13-9-10-14-21-16(19)17(3,20)15-11-7-6-8-12-15/h6-8,11-12,20H,4-5,13-14H2,1-3H3. The first-order valence-electron chi connectivity index (χ1n) is 7.15. The van der Waals surface area contributed by atoms with Crippen LogP contribution in [0.3, 0.4) is 0 Å². The van der Waals surface area contributed by atoms with Crippen LogP contribution in [0.15, 0.2) is 30.3 Å². The number of hydrogen-bond donors (Lipinski definition) is 1. The Morgan fingerprint density at radius 1 is 1.24 bits per heavy atom. The van der Waals surface area contributed by atoms with Crippen LogP contribution < -0.4 is 0 Å². The van der Waals surface area contributed by atoms with Gasteiger partial charge in [-0.2, -0.15) is 0 Å². The predicted molar refractivity (Wildman–Crippen MR) is 82.5 cm³/mol. The molecule has 0 aliphatic carbocycles. The molecule has 1 rings (SSSR count). The normalized spacial score (nSPS) is 13.2. The van der Waals surface area contributed by atoms with E-state index in [0.717, 1.165) is 13.1 Å². The molecule has 1 unspecified atom stereocenters. The molecule has 0 saturated heterocycles. The van der Waals surface area contributed by atoms with Gasteiger partial charge in [-0.05, 0) is 25.6 Å². The van der Waals surface area contributed by atoms with Gasteiger partial charge in [0.1, 0.15) is 0 Å². The Labute approximate surface area is 126 Å². The van der Waals surface area contributed by atoms with Gasteiger partial charge in [-0.25, -0.2) is 4.79 Å². The van der Waals surface area contributed by atoms with Gasteiger partial charge >= 0.3 is 5.97 Å². The van der Waals surface area contributed by atoms with E-state index in [1.54, 1.807) is 24.3 Å². The molecule has 0 bridgehead atoms. The Hall–Kier alpha value is -1.83. The fourth-order valence-corrected chi connectivity index (χ4v) is 1.79. The first kappa shape index (κ1) is 17.2. The van der Waals surface area contributed by atoms with Gasteiger partial charge in [-0.15, -0.1) is 0 Å². The number of rotatable bonds is 6. The Morgan fingerprint density at radius 3 is 2.43 bits per heavy atom. The van der Waals surface area contributed by atoms with Crippen LogP contribution >= 0.6 is 0 Å². The van der Waals surface area contributed by atoms with Crippen molar-refractivity contribution in [1.82, 2.24) is 4.90 Å². The van der Waals surface area contributed by atoms with Gasteiger partial charge < -0.3 is 9.84 Å². The van der Waals surface area contributed by atoms with Crippen molar-refractivity contribution in [2.45, 2.75) is 26.4 Å². The summed E-state index contributed by atoms with van der Waals surface area (Å²) in [5, 5.41) is 10.2. The van der Waals surface area contributed by atoms with E-state index in [2.05, 4.69) is 30.6 Å². The molecule has 1 atom stereocenters. The maximum absolute atomic E-state index is 11.9. The van der Waals surface area contributed by atoms with Crippen molar-refractivity contribution in [3.05, 3.63) is 35.9 Å². The Morgan fingerprint density at radius 2 is 1.86 bits per heavy atom. The first-order chi connectivity index (χ1) is 10.0. The number of hydrogen-bond acceptors (Lipinski definition) is 4. The maximum atomic E-state index is 11.9. The summed E-state index contributed by atoms with van der Waals surface area (Å²) in [6, 6.07) is 8.73. The smallest absolute Gasteiger partial charge is 0.343 e. The second-order valence-electron chi connectivity index (χ2n) is 4.83. The second-order valence-corrected chi connectivity index (χ2v) is 4.83. The van der Waals surface area contributed by atoms with Gasteiger partial charge in [0.05, 0.1) is 6.54 Å². The molecule has 0 aliphatic rings. The first-order valence-corrected chi connectivity index (χ1v) is 7.15. The van der Waals surface area contributed by atoms with Crippen molar-refractivity contribution in [3.8, 4) is 11.8 Å². The van der Waals surface area contributed by atoms with Gasteiger partial charge in [0, 0.05) is 0 Å². The van der Waals surface area contributed by atoms with Gasteiger partial charge in [0.25, 0.3) is 0 Å². The van der Waals surface area contributed by atoms with Crippen molar-refractivity contribution in [1.29, 1.82) is 0 Å². The largest absolute Gasteiger partial charge is 0.450 e. The van der Waals surface area contributed by atoms with Crippen LogP contribution in [0.25, 0.3) is 0 Å². The molecule has 0 amide bonds. The molecule has 0 saturated carbocycles. The van der Waals surface area contributed by atoms with Crippen molar-refractivity contribution < 1.29 is 14.6 Å². The van der Waals surface area contributed by atoms with E-state index in [0.29, 0.717) is 12.1 Å². The summed E-state index contributed by atoms with van der Waals surface area (Å²) in [6.45, 7) is 8.09. The van der Waals surface area contributed by atoms with Gasteiger partial charge in [-0.1, -0.05) is 56.0 Å². The fraction of sp³-hybridized carbons (Fsp3) is 0.471. The Bertz CT molecular complexity index is 496. The number of carbonyl (C=O) groups excluding carboxylic acids is 1. The molecule has 1 N–H and O–H groups in total. The summed E-state index contributed by atoms with van der Waals surface area (Å²) in [7, 11) is 0. The maximum Gasteiger partial charge on any atom is 0.343 e. The average molecular weight is 289 g/mol. The van der Waals surface area contributed by atoms with Crippen LogP contribution in [0.1, 0.15) is 26.3 Å². The third kappa shape index (κ3) is 5.22. The highest BCUT2D eigenvalue weighted by atomic mass is 16.5. The van der Waals surface area contributed by atoms with Crippen LogP contribution in [-0.4, -0.2) is 42.2 Å². The molecule has 0 radical (unpaired) electrons. The number of ether oxygens (including phenoxy) is 1. The molecule has 4 heteroatoms. The van der Waals surface area contributed by atoms with E-state index in [1.165, 1.54) is 6.92 Å². The fourth-order valence-electron chi connectivity index (χ4n) is 1.79. The topological polar surface area (TPSA) is 49.8 Å².